The number of benzene rings is 1. The Morgan fingerprint density at radius 3 is 2.75 bits per heavy atom. The summed E-state index contributed by atoms with van der Waals surface area (Å²) in [5.41, 5.74) is 0.826. The molecule has 1 fully saturated rings. The Hall–Kier alpha value is -3.11. The van der Waals surface area contributed by atoms with Crippen LogP contribution in [0.2, 0.25) is 0 Å². The third kappa shape index (κ3) is 3.92. The van der Waals surface area contributed by atoms with Crippen molar-refractivity contribution in [3.63, 3.8) is 0 Å². The molecule has 10 heteroatoms. The van der Waals surface area contributed by atoms with Crippen LogP contribution in [0.4, 0.5) is 11.5 Å². The van der Waals surface area contributed by atoms with Gasteiger partial charge in [-0.1, -0.05) is 5.16 Å². The molecule has 28 heavy (non-hydrogen) atoms. The lowest BCUT2D eigenvalue weighted by molar-refractivity contribution is -0.384. The first-order valence-electron chi connectivity index (χ1n) is 8.95. The highest BCUT2D eigenvalue weighted by Gasteiger charge is 2.20. The summed E-state index contributed by atoms with van der Waals surface area (Å²) in [5, 5.41) is 15.5. The summed E-state index contributed by atoms with van der Waals surface area (Å²) in [6, 6.07) is 8.52. The summed E-state index contributed by atoms with van der Waals surface area (Å²) < 4.78 is 10.2. The fourth-order valence-electron chi connectivity index (χ4n) is 3.26. The lowest BCUT2D eigenvalue weighted by Crippen LogP contribution is -2.46. The smallest absolute Gasteiger partial charge is 0.270 e. The molecule has 1 aromatic carbocycles. The Bertz CT molecular complexity index is 983. The van der Waals surface area contributed by atoms with Gasteiger partial charge in [-0.15, -0.1) is 0 Å². The molecule has 0 N–H and O–H groups in total. The minimum absolute atomic E-state index is 0.0744. The Morgan fingerprint density at radius 1 is 1.18 bits per heavy atom. The van der Waals surface area contributed by atoms with Crippen LogP contribution in [0.5, 0.6) is 0 Å². The van der Waals surface area contributed by atoms with Crippen LogP contribution >= 0.6 is 0 Å². The van der Waals surface area contributed by atoms with Gasteiger partial charge in [0.05, 0.1) is 17.0 Å². The first-order chi connectivity index (χ1) is 13.6. The molecule has 0 atom stereocenters. The SMILES string of the molecule is COCc1noc(CN2CCN(c3ccc4cc([N+](=O)[O-])ccc4n3)CC2)n1. The molecule has 0 spiro atoms. The number of rotatable bonds is 6. The minimum Gasteiger partial charge on any atom is -0.377 e. The first kappa shape index (κ1) is 18.3. The maximum Gasteiger partial charge on any atom is 0.270 e. The monoisotopic (exact) mass is 384 g/mol. The number of nitro groups is 1. The van der Waals surface area contributed by atoms with Gasteiger partial charge >= 0.3 is 0 Å². The molecule has 3 aromatic rings. The minimum atomic E-state index is -0.395. The molecule has 0 unspecified atom stereocenters. The molecule has 3 heterocycles. The molecule has 0 saturated carbocycles. The van der Waals surface area contributed by atoms with E-state index in [-0.39, 0.29) is 5.69 Å². The molecule has 0 aliphatic carbocycles. The van der Waals surface area contributed by atoms with Crippen molar-refractivity contribution >= 4 is 22.4 Å². The summed E-state index contributed by atoms with van der Waals surface area (Å²) in [5.74, 6) is 2.02. The van der Waals surface area contributed by atoms with Gasteiger partial charge in [-0.05, 0) is 18.2 Å². The molecule has 146 valence electrons. The zero-order valence-corrected chi connectivity index (χ0v) is 15.4. The van der Waals surface area contributed by atoms with Crippen LogP contribution in [0.15, 0.2) is 34.9 Å². The summed E-state index contributed by atoms with van der Waals surface area (Å²) >= 11 is 0. The van der Waals surface area contributed by atoms with E-state index in [1.54, 1.807) is 19.2 Å². The second-order valence-electron chi connectivity index (χ2n) is 6.60. The van der Waals surface area contributed by atoms with E-state index in [0.717, 1.165) is 42.9 Å². The molecule has 4 rings (SSSR count). The van der Waals surface area contributed by atoms with Crippen LogP contribution in [0.25, 0.3) is 10.9 Å². The number of ether oxygens (including phenoxy) is 1. The fraction of sp³-hybridized carbons (Fsp3) is 0.389. The quantitative estimate of drug-likeness (QED) is 0.465. The van der Waals surface area contributed by atoms with E-state index in [4.69, 9.17) is 9.26 Å². The molecule has 0 amide bonds. The molecule has 1 aliphatic heterocycles. The number of methoxy groups -OCH3 is 1. The number of nitro benzene ring substituents is 1. The van der Waals surface area contributed by atoms with Crippen molar-refractivity contribution in [1.82, 2.24) is 20.0 Å². The molecular weight excluding hydrogens is 364 g/mol. The van der Waals surface area contributed by atoms with Gasteiger partial charge in [-0.2, -0.15) is 4.98 Å². The number of nitrogens with zero attached hydrogens (tertiary/aromatic N) is 6. The number of aromatic nitrogens is 3. The van der Waals surface area contributed by atoms with Crippen molar-refractivity contribution in [2.45, 2.75) is 13.2 Å². The Kier molecular flexibility index (Phi) is 5.13. The first-order valence-corrected chi connectivity index (χ1v) is 8.95. The fourth-order valence-corrected chi connectivity index (χ4v) is 3.26. The van der Waals surface area contributed by atoms with E-state index in [2.05, 4.69) is 24.9 Å². The number of hydrogen-bond acceptors (Lipinski definition) is 9. The van der Waals surface area contributed by atoms with E-state index in [9.17, 15) is 10.1 Å². The van der Waals surface area contributed by atoms with Gasteiger partial charge in [0.15, 0.2) is 5.82 Å². The predicted molar refractivity (Wildman–Crippen MR) is 101 cm³/mol. The van der Waals surface area contributed by atoms with Gasteiger partial charge in [-0.25, -0.2) is 4.98 Å². The topological polar surface area (TPSA) is 111 Å². The highest BCUT2D eigenvalue weighted by molar-refractivity contribution is 5.82. The van der Waals surface area contributed by atoms with E-state index in [1.807, 2.05) is 12.1 Å². The summed E-state index contributed by atoms with van der Waals surface area (Å²) in [4.78, 5) is 23.9. The molecule has 10 nitrogen and oxygen atoms in total. The average molecular weight is 384 g/mol. The second kappa shape index (κ2) is 7.87. The van der Waals surface area contributed by atoms with Crippen LogP contribution in [0.3, 0.4) is 0 Å². The van der Waals surface area contributed by atoms with Gasteiger partial charge in [0, 0.05) is 50.8 Å². The Morgan fingerprint density at radius 2 is 2.00 bits per heavy atom. The van der Waals surface area contributed by atoms with E-state index < -0.39 is 4.92 Å². The molecule has 2 aromatic heterocycles. The summed E-state index contributed by atoms with van der Waals surface area (Å²) in [6.07, 6.45) is 0. The van der Waals surface area contributed by atoms with Crippen molar-refractivity contribution in [1.29, 1.82) is 0 Å². The predicted octanol–water partition coefficient (Wildman–Crippen LogP) is 1.99. The normalized spacial score (nSPS) is 15.2. The lowest BCUT2D eigenvalue weighted by Gasteiger charge is -2.34. The number of anilines is 1. The highest BCUT2D eigenvalue weighted by atomic mass is 16.6. The van der Waals surface area contributed by atoms with Gasteiger partial charge in [0.2, 0.25) is 5.89 Å². The maximum absolute atomic E-state index is 10.9. The second-order valence-corrected chi connectivity index (χ2v) is 6.60. The van der Waals surface area contributed by atoms with Gasteiger partial charge in [0.1, 0.15) is 12.4 Å². The third-order valence-corrected chi connectivity index (χ3v) is 4.71. The van der Waals surface area contributed by atoms with Gasteiger partial charge < -0.3 is 14.2 Å². The third-order valence-electron chi connectivity index (χ3n) is 4.71. The summed E-state index contributed by atoms with van der Waals surface area (Å²) in [7, 11) is 1.59. The van der Waals surface area contributed by atoms with Crippen molar-refractivity contribution in [3.8, 4) is 0 Å². The van der Waals surface area contributed by atoms with Gasteiger partial charge in [0.25, 0.3) is 5.69 Å². The molecule has 0 radical (unpaired) electrons. The van der Waals surface area contributed by atoms with Crippen molar-refractivity contribution in [2.24, 2.45) is 0 Å². The number of non-ortho nitro benzene ring substituents is 1. The van der Waals surface area contributed by atoms with Crippen molar-refractivity contribution in [2.75, 3.05) is 38.2 Å². The van der Waals surface area contributed by atoms with Crippen LogP contribution in [0, 0.1) is 10.1 Å². The standard InChI is InChI=1S/C18H20N6O4/c1-27-12-16-20-18(28-21-16)11-22-6-8-23(9-7-22)17-5-2-13-10-14(24(25)26)3-4-15(13)19-17/h2-5,10H,6-9,11-12H2,1H3. The van der Waals surface area contributed by atoms with Crippen molar-refractivity contribution in [3.05, 3.63) is 52.2 Å². The van der Waals surface area contributed by atoms with Crippen LogP contribution in [-0.4, -0.2) is 58.2 Å². The average Bonchev–Trinajstić information content (AvgIpc) is 3.15. The number of fused-ring (bicyclic) bond motifs is 1. The van der Waals surface area contributed by atoms with E-state index in [0.29, 0.717) is 24.9 Å². The largest absolute Gasteiger partial charge is 0.377 e. The van der Waals surface area contributed by atoms with Gasteiger partial charge in [-0.3, -0.25) is 15.0 Å². The Labute approximate surface area is 160 Å². The lowest BCUT2D eigenvalue weighted by atomic mass is 10.2. The molecule has 0 bridgehead atoms. The number of piperazine rings is 1. The summed E-state index contributed by atoms with van der Waals surface area (Å²) in [6.45, 7) is 4.30. The van der Waals surface area contributed by atoms with E-state index >= 15 is 0 Å². The Balaban J connectivity index is 1.38. The van der Waals surface area contributed by atoms with Crippen LogP contribution in [-0.2, 0) is 17.9 Å². The number of hydrogen-bond donors (Lipinski definition) is 0. The molecule has 1 saturated heterocycles. The van der Waals surface area contributed by atoms with Crippen LogP contribution < -0.4 is 4.90 Å². The molecule has 1 aliphatic rings. The van der Waals surface area contributed by atoms with Crippen LogP contribution in [0.1, 0.15) is 11.7 Å². The zero-order valence-electron chi connectivity index (χ0n) is 15.4. The highest BCUT2D eigenvalue weighted by Crippen LogP contribution is 2.23. The maximum atomic E-state index is 10.9. The zero-order chi connectivity index (χ0) is 19.5. The molecular formula is C18H20N6O4. The number of pyridine rings is 1. The van der Waals surface area contributed by atoms with E-state index in [1.165, 1.54) is 6.07 Å². The van der Waals surface area contributed by atoms with Crippen molar-refractivity contribution < 1.29 is 14.2 Å².